The lowest BCUT2D eigenvalue weighted by Crippen LogP contribution is -2.11. The van der Waals surface area contributed by atoms with E-state index in [0.717, 1.165) is 22.4 Å². The molecule has 3 aromatic rings. The monoisotopic (exact) mass is 382 g/mol. The molecule has 0 aliphatic rings. The van der Waals surface area contributed by atoms with Gasteiger partial charge in [-0.2, -0.15) is 0 Å². The average molecular weight is 383 g/mol. The number of rotatable bonds is 8. The minimum absolute atomic E-state index is 0.155. The van der Waals surface area contributed by atoms with Crippen LogP contribution >= 0.6 is 11.3 Å². The average Bonchev–Trinajstić information content (AvgIpc) is 3.07. The zero-order chi connectivity index (χ0) is 19.2. The van der Waals surface area contributed by atoms with Gasteiger partial charge >= 0.3 is 0 Å². The summed E-state index contributed by atoms with van der Waals surface area (Å²) in [6.07, 6.45) is 3.39. The molecule has 142 valence electrons. The molecule has 0 saturated carbocycles. The molecular weight excluding hydrogens is 356 g/mol. The number of fused-ring (bicyclic) bond motifs is 1. The number of unbranched alkanes of at least 4 members (excludes halogenated alkanes) is 2. The summed E-state index contributed by atoms with van der Waals surface area (Å²) in [5.41, 5.74) is 2.77. The SMILES string of the molecule is CCCCCOc1ccc(C(=O)Nc2nc3c(C(C)C)cccc3s2)cc1. The highest BCUT2D eigenvalue weighted by Crippen LogP contribution is 2.31. The highest BCUT2D eigenvalue weighted by molar-refractivity contribution is 7.22. The minimum atomic E-state index is -0.155. The van der Waals surface area contributed by atoms with Gasteiger partial charge in [0.15, 0.2) is 5.13 Å². The first-order chi connectivity index (χ1) is 13.1. The third kappa shape index (κ3) is 4.86. The number of hydrogen-bond acceptors (Lipinski definition) is 4. The van der Waals surface area contributed by atoms with Crippen molar-refractivity contribution in [1.29, 1.82) is 0 Å². The van der Waals surface area contributed by atoms with E-state index in [-0.39, 0.29) is 5.91 Å². The first-order valence-electron chi connectivity index (χ1n) is 9.52. The van der Waals surface area contributed by atoms with E-state index in [9.17, 15) is 4.79 Å². The highest BCUT2D eigenvalue weighted by Gasteiger charge is 2.13. The van der Waals surface area contributed by atoms with E-state index >= 15 is 0 Å². The Morgan fingerprint density at radius 1 is 1.15 bits per heavy atom. The Morgan fingerprint density at radius 2 is 1.93 bits per heavy atom. The van der Waals surface area contributed by atoms with Gasteiger partial charge in [0.1, 0.15) is 5.75 Å². The summed E-state index contributed by atoms with van der Waals surface area (Å²) >= 11 is 1.50. The molecule has 0 spiro atoms. The largest absolute Gasteiger partial charge is 0.494 e. The van der Waals surface area contributed by atoms with Crippen LogP contribution in [0.15, 0.2) is 42.5 Å². The van der Waals surface area contributed by atoms with Gasteiger partial charge in [0.05, 0.1) is 16.8 Å². The van der Waals surface area contributed by atoms with Crippen LogP contribution in [-0.2, 0) is 0 Å². The summed E-state index contributed by atoms with van der Waals surface area (Å²) in [6, 6.07) is 13.4. The van der Waals surface area contributed by atoms with Crippen LogP contribution in [-0.4, -0.2) is 17.5 Å². The Kier molecular flexibility index (Phi) is 6.45. The van der Waals surface area contributed by atoms with E-state index in [1.165, 1.54) is 29.7 Å². The molecule has 1 N–H and O–H groups in total. The first-order valence-corrected chi connectivity index (χ1v) is 10.3. The van der Waals surface area contributed by atoms with E-state index in [1.807, 2.05) is 24.3 Å². The highest BCUT2D eigenvalue weighted by atomic mass is 32.1. The van der Waals surface area contributed by atoms with Gasteiger partial charge in [-0.15, -0.1) is 0 Å². The topological polar surface area (TPSA) is 51.2 Å². The predicted octanol–water partition coefficient (Wildman–Crippen LogP) is 6.24. The maximum atomic E-state index is 12.5. The molecule has 0 bridgehead atoms. The summed E-state index contributed by atoms with van der Waals surface area (Å²) in [4.78, 5) is 17.2. The maximum absolute atomic E-state index is 12.5. The molecule has 0 aliphatic carbocycles. The van der Waals surface area contributed by atoms with Crippen LogP contribution in [0.25, 0.3) is 10.2 Å². The number of hydrogen-bond donors (Lipinski definition) is 1. The third-order valence-corrected chi connectivity index (χ3v) is 5.36. The van der Waals surface area contributed by atoms with Gasteiger partial charge < -0.3 is 4.74 Å². The molecule has 4 nitrogen and oxygen atoms in total. The van der Waals surface area contributed by atoms with E-state index in [1.54, 1.807) is 12.1 Å². The van der Waals surface area contributed by atoms with Crippen molar-refractivity contribution in [3.05, 3.63) is 53.6 Å². The van der Waals surface area contributed by atoms with Gasteiger partial charge in [0.25, 0.3) is 5.91 Å². The lowest BCUT2D eigenvalue weighted by molar-refractivity contribution is 0.102. The lowest BCUT2D eigenvalue weighted by Gasteiger charge is -2.07. The number of amides is 1. The van der Waals surface area contributed by atoms with Crippen LogP contribution in [0.1, 0.15) is 61.9 Å². The molecule has 2 aromatic carbocycles. The Hall–Kier alpha value is -2.40. The van der Waals surface area contributed by atoms with Crippen molar-refractivity contribution in [3.8, 4) is 5.75 Å². The number of benzene rings is 2. The molecule has 0 fully saturated rings. The number of carbonyl (C=O) groups excluding carboxylic acids is 1. The third-order valence-electron chi connectivity index (χ3n) is 4.43. The molecule has 0 radical (unpaired) electrons. The van der Waals surface area contributed by atoms with Crippen molar-refractivity contribution in [2.24, 2.45) is 0 Å². The van der Waals surface area contributed by atoms with Gasteiger partial charge in [0.2, 0.25) is 0 Å². The van der Waals surface area contributed by atoms with Crippen molar-refractivity contribution in [1.82, 2.24) is 4.98 Å². The molecule has 0 atom stereocenters. The summed E-state index contributed by atoms with van der Waals surface area (Å²) in [7, 11) is 0. The summed E-state index contributed by atoms with van der Waals surface area (Å²) in [5.74, 6) is 1.03. The zero-order valence-electron chi connectivity index (χ0n) is 16.1. The molecule has 27 heavy (non-hydrogen) atoms. The number of nitrogens with zero attached hydrogens (tertiary/aromatic N) is 1. The Balaban J connectivity index is 1.66. The van der Waals surface area contributed by atoms with Gasteiger partial charge in [-0.25, -0.2) is 4.98 Å². The number of aromatic nitrogens is 1. The van der Waals surface area contributed by atoms with Crippen molar-refractivity contribution in [3.63, 3.8) is 0 Å². The molecule has 1 aromatic heterocycles. The fourth-order valence-corrected chi connectivity index (χ4v) is 3.80. The predicted molar refractivity (Wildman–Crippen MR) is 113 cm³/mol. The fraction of sp³-hybridized carbons (Fsp3) is 0.364. The van der Waals surface area contributed by atoms with Gasteiger partial charge in [0, 0.05) is 5.56 Å². The molecule has 3 rings (SSSR count). The van der Waals surface area contributed by atoms with Crippen molar-refractivity contribution in [2.75, 3.05) is 11.9 Å². The zero-order valence-corrected chi connectivity index (χ0v) is 16.9. The number of para-hydroxylation sites is 1. The molecule has 5 heteroatoms. The molecular formula is C22H26N2O2S. The Morgan fingerprint density at radius 3 is 2.63 bits per heavy atom. The van der Waals surface area contributed by atoms with Gasteiger partial charge in [-0.05, 0) is 48.2 Å². The van der Waals surface area contributed by atoms with Crippen LogP contribution in [0.2, 0.25) is 0 Å². The second-order valence-electron chi connectivity index (χ2n) is 6.90. The number of thiazole rings is 1. The van der Waals surface area contributed by atoms with Crippen LogP contribution in [0.3, 0.4) is 0 Å². The van der Waals surface area contributed by atoms with Gasteiger partial charge in [-0.3, -0.25) is 10.1 Å². The standard InChI is InChI=1S/C22H26N2O2S/c1-4-5-6-14-26-17-12-10-16(11-13-17)21(25)24-22-23-20-18(15(2)3)8-7-9-19(20)27-22/h7-13,15H,4-6,14H2,1-3H3,(H,23,24,25). The number of carbonyl (C=O) groups is 1. The Bertz CT molecular complexity index is 900. The van der Waals surface area contributed by atoms with E-state index in [0.29, 0.717) is 23.2 Å². The van der Waals surface area contributed by atoms with E-state index < -0.39 is 0 Å². The minimum Gasteiger partial charge on any atom is -0.494 e. The van der Waals surface area contributed by atoms with E-state index in [2.05, 4.69) is 37.1 Å². The quantitative estimate of drug-likeness (QED) is 0.469. The normalized spacial score (nSPS) is 11.1. The fourth-order valence-electron chi connectivity index (χ4n) is 2.90. The van der Waals surface area contributed by atoms with Crippen LogP contribution in [0.4, 0.5) is 5.13 Å². The van der Waals surface area contributed by atoms with Crippen LogP contribution < -0.4 is 10.1 Å². The molecule has 0 aliphatic heterocycles. The smallest absolute Gasteiger partial charge is 0.257 e. The molecule has 0 saturated heterocycles. The Labute approximate surface area is 164 Å². The summed E-state index contributed by atoms with van der Waals surface area (Å²) < 4.78 is 6.78. The molecule has 0 unspecified atom stereocenters. The van der Waals surface area contributed by atoms with E-state index in [4.69, 9.17) is 4.74 Å². The second kappa shape index (κ2) is 9.00. The summed E-state index contributed by atoms with van der Waals surface area (Å²) in [6.45, 7) is 7.18. The van der Waals surface area contributed by atoms with Crippen molar-refractivity contribution >= 4 is 32.6 Å². The molecule has 1 amide bonds. The summed E-state index contributed by atoms with van der Waals surface area (Å²) in [5, 5.41) is 3.55. The lowest BCUT2D eigenvalue weighted by atomic mass is 10.0. The first kappa shape index (κ1) is 19.4. The van der Waals surface area contributed by atoms with Crippen LogP contribution in [0.5, 0.6) is 5.75 Å². The second-order valence-corrected chi connectivity index (χ2v) is 7.93. The van der Waals surface area contributed by atoms with Crippen LogP contribution in [0, 0.1) is 0 Å². The van der Waals surface area contributed by atoms with Gasteiger partial charge in [-0.1, -0.05) is 57.1 Å². The number of nitrogens with one attached hydrogen (secondary N) is 1. The number of ether oxygens (including phenoxy) is 1. The molecule has 1 heterocycles. The van der Waals surface area contributed by atoms with Crippen molar-refractivity contribution < 1.29 is 9.53 Å². The number of anilines is 1. The van der Waals surface area contributed by atoms with Crippen molar-refractivity contribution in [2.45, 2.75) is 46.0 Å². The maximum Gasteiger partial charge on any atom is 0.257 e.